The maximum absolute atomic E-state index is 12.1. The van der Waals surface area contributed by atoms with Crippen molar-refractivity contribution in [2.24, 2.45) is 29.1 Å². The van der Waals surface area contributed by atoms with Crippen molar-refractivity contribution >= 4 is 12.6 Å². The van der Waals surface area contributed by atoms with E-state index in [0.29, 0.717) is 35.9 Å². The van der Waals surface area contributed by atoms with Gasteiger partial charge in [0.1, 0.15) is 22.8 Å². The lowest BCUT2D eigenvalue weighted by Gasteiger charge is -2.49. The van der Waals surface area contributed by atoms with Crippen molar-refractivity contribution in [3.05, 3.63) is 28.3 Å². The molecule has 0 spiro atoms. The SMILES string of the molecule is CC1=CCC[C@]2(C)Oc3c(C=O)c(O)c(C=O)c(O)c3[C@@H](CC(C)C)[C@H]2[C@H]2[C@@H](CC1)C2(C)C. The Bertz CT molecular complexity index is 1000. The van der Waals surface area contributed by atoms with Crippen LogP contribution in [0.25, 0.3) is 0 Å². The van der Waals surface area contributed by atoms with Gasteiger partial charge in [0.05, 0.1) is 11.1 Å². The van der Waals surface area contributed by atoms with Crippen molar-refractivity contribution in [1.82, 2.24) is 0 Å². The summed E-state index contributed by atoms with van der Waals surface area (Å²) in [5.74, 6) is 0.888. The molecule has 0 bridgehead atoms. The Morgan fingerprint density at radius 1 is 1.09 bits per heavy atom. The van der Waals surface area contributed by atoms with Crippen LogP contribution in [0.5, 0.6) is 17.2 Å². The zero-order valence-electron chi connectivity index (χ0n) is 20.8. The van der Waals surface area contributed by atoms with Crippen LogP contribution in [0, 0.1) is 29.1 Å². The highest BCUT2D eigenvalue weighted by Gasteiger charge is 2.66. The average molecular weight is 455 g/mol. The fraction of sp³-hybridized carbons (Fsp3) is 0.643. The summed E-state index contributed by atoms with van der Waals surface area (Å²) in [5, 5.41) is 21.8. The molecule has 1 aromatic rings. The van der Waals surface area contributed by atoms with E-state index in [1.807, 2.05) is 0 Å². The topological polar surface area (TPSA) is 83.8 Å². The van der Waals surface area contributed by atoms with Gasteiger partial charge in [-0.15, -0.1) is 0 Å². The number of ether oxygens (including phenoxy) is 1. The number of carbonyl (C=O) groups is 2. The van der Waals surface area contributed by atoms with E-state index in [0.717, 1.165) is 32.1 Å². The van der Waals surface area contributed by atoms with E-state index in [1.165, 1.54) is 5.57 Å². The molecular formula is C28H38O5. The van der Waals surface area contributed by atoms with Crippen LogP contribution in [0.4, 0.5) is 0 Å². The van der Waals surface area contributed by atoms with Gasteiger partial charge in [0.25, 0.3) is 0 Å². The Labute approximate surface area is 197 Å². The van der Waals surface area contributed by atoms with Crippen LogP contribution in [0.1, 0.15) is 106 Å². The molecule has 4 rings (SSSR count). The minimum Gasteiger partial charge on any atom is -0.507 e. The lowest BCUT2D eigenvalue weighted by Crippen LogP contribution is -2.49. The zero-order valence-corrected chi connectivity index (χ0v) is 20.8. The van der Waals surface area contributed by atoms with Gasteiger partial charge in [-0.2, -0.15) is 0 Å². The minimum absolute atomic E-state index is 0.0336. The number of allylic oxidation sites excluding steroid dienone is 2. The van der Waals surface area contributed by atoms with Crippen molar-refractivity contribution in [1.29, 1.82) is 0 Å². The number of hydrogen-bond acceptors (Lipinski definition) is 5. The molecule has 0 amide bonds. The van der Waals surface area contributed by atoms with Crippen LogP contribution in [-0.4, -0.2) is 28.4 Å². The van der Waals surface area contributed by atoms with Crippen LogP contribution in [0.15, 0.2) is 11.6 Å². The largest absolute Gasteiger partial charge is 0.507 e. The Morgan fingerprint density at radius 2 is 1.76 bits per heavy atom. The second-order valence-corrected chi connectivity index (χ2v) is 11.8. The van der Waals surface area contributed by atoms with E-state index in [2.05, 4.69) is 47.6 Å². The maximum Gasteiger partial charge on any atom is 0.157 e. The molecule has 5 atom stereocenters. The fourth-order valence-corrected chi connectivity index (χ4v) is 7.11. The molecule has 1 saturated carbocycles. The van der Waals surface area contributed by atoms with Gasteiger partial charge in [-0.3, -0.25) is 9.59 Å². The summed E-state index contributed by atoms with van der Waals surface area (Å²) in [6.07, 6.45) is 7.99. The molecule has 1 fully saturated rings. The lowest BCUT2D eigenvalue weighted by molar-refractivity contribution is -0.0348. The highest BCUT2D eigenvalue weighted by Crippen LogP contribution is 2.71. The molecule has 5 heteroatoms. The summed E-state index contributed by atoms with van der Waals surface area (Å²) in [5.41, 5.74) is 1.28. The molecule has 1 aliphatic heterocycles. The van der Waals surface area contributed by atoms with Gasteiger partial charge >= 0.3 is 0 Å². The second kappa shape index (κ2) is 8.18. The van der Waals surface area contributed by atoms with Crippen molar-refractivity contribution in [3.63, 3.8) is 0 Å². The number of phenolic OH excluding ortho intramolecular Hbond substituents is 2. The number of hydrogen-bond donors (Lipinski definition) is 2. The normalized spacial score (nSPS) is 32.5. The van der Waals surface area contributed by atoms with Gasteiger partial charge in [0, 0.05) is 11.5 Å². The Kier molecular flexibility index (Phi) is 5.91. The molecule has 0 unspecified atom stereocenters. The first-order chi connectivity index (χ1) is 15.5. The number of aldehydes is 2. The molecule has 180 valence electrons. The van der Waals surface area contributed by atoms with Crippen molar-refractivity contribution in [3.8, 4) is 17.2 Å². The molecule has 0 aromatic heterocycles. The number of benzene rings is 1. The average Bonchev–Trinajstić information content (AvgIpc) is 3.25. The third-order valence-corrected chi connectivity index (χ3v) is 8.82. The van der Waals surface area contributed by atoms with Crippen LogP contribution in [0.2, 0.25) is 0 Å². The highest BCUT2D eigenvalue weighted by atomic mass is 16.5. The maximum atomic E-state index is 12.1. The molecule has 5 nitrogen and oxygen atoms in total. The van der Waals surface area contributed by atoms with E-state index >= 15 is 0 Å². The number of carbonyl (C=O) groups excluding carboxylic acids is 2. The van der Waals surface area contributed by atoms with Crippen LogP contribution >= 0.6 is 0 Å². The van der Waals surface area contributed by atoms with E-state index in [-0.39, 0.29) is 39.9 Å². The van der Waals surface area contributed by atoms with Crippen molar-refractivity contribution in [2.45, 2.75) is 85.2 Å². The summed E-state index contributed by atoms with van der Waals surface area (Å²) in [6.45, 7) is 13.3. The summed E-state index contributed by atoms with van der Waals surface area (Å²) < 4.78 is 6.68. The molecule has 1 aromatic carbocycles. The summed E-state index contributed by atoms with van der Waals surface area (Å²) in [6, 6.07) is 0. The van der Waals surface area contributed by atoms with Crippen LogP contribution in [-0.2, 0) is 0 Å². The quantitative estimate of drug-likeness (QED) is 0.405. The molecule has 2 aliphatic carbocycles. The molecular weight excluding hydrogens is 416 g/mol. The first-order valence-corrected chi connectivity index (χ1v) is 12.3. The standard InChI is InChI=1S/C28H38O5/c1-15(2)12-17-21-25(32)18(13-29)24(31)19(14-30)26(21)33-28(6)11-7-8-16(3)9-10-20-23(22(17)28)27(20,4)5/h8,13-15,17,20,22-23,31-32H,7,9-12H2,1-6H3/t17-,20-,22+,23-,28+/m1/s1. The third kappa shape index (κ3) is 3.68. The van der Waals surface area contributed by atoms with E-state index in [1.54, 1.807) is 0 Å². The van der Waals surface area contributed by atoms with Crippen molar-refractivity contribution in [2.75, 3.05) is 0 Å². The Hall–Kier alpha value is -2.30. The van der Waals surface area contributed by atoms with Crippen LogP contribution in [0.3, 0.4) is 0 Å². The second-order valence-electron chi connectivity index (χ2n) is 11.8. The first-order valence-electron chi connectivity index (χ1n) is 12.3. The highest BCUT2D eigenvalue weighted by molar-refractivity contribution is 5.95. The van der Waals surface area contributed by atoms with E-state index in [4.69, 9.17) is 4.74 Å². The number of rotatable bonds is 4. The van der Waals surface area contributed by atoms with Gasteiger partial charge < -0.3 is 14.9 Å². The third-order valence-electron chi connectivity index (χ3n) is 8.82. The zero-order chi connectivity index (χ0) is 24.3. The minimum atomic E-state index is -0.559. The number of aromatic hydroxyl groups is 2. The number of fused-ring (bicyclic) bond motifs is 4. The predicted molar refractivity (Wildman–Crippen MR) is 128 cm³/mol. The molecule has 0 saturated heterocycles. The Balaban J connectivity index is 1.98. The molecule has 0 radical (unpaired) electrons. The van der Waals surface area contributed by atoms with Crippen molar-refractivity contribution < 1.29 is 24.5 Å². The van der Waals surface area contributed by atoms with E-state index < -0.39 is 11.4 Å². The van der Waals surface area contributed by atoms with Gasteiger partial charge in [-0.05, 0) is 75.0 Å². The Morgan fingerprint density at radius 3 is 2.36 bits per heavy atom. The fourth-order valence-electron chi connectivity index (χ4n) is 7.11. The molecule has 2 N–H and O–H groups in total. The summed E-state index contributed by atoms with van der Waals surface area (Å²) >= 11 is 0. The van der Waals surface area contributed by atoms with Gasteiger partial charge in [0.15, 0.2) is 12.6 Å². The lowest BCUT2D eigenvalue weighted by atomic mass is 9.64. The smallest absolute Gasteiger partial charge is 0.157 e. The van der Waals surface area contributed by atoms with Gasteiger partial charge in [0.2, 0.25) is 0 Å². The summed E-state index contributed by atoms with van der Waals surface area (Å²) in [4.78, 5) is 23.9. The van der Waals surface area contributed by atoms with E-state index in [9.17, 15) is 19.8 Å². The summed E-state index contributed by atoms with van der Waals surface area (Å²) in [7, 11) is 0. The number of phenols is 2. The molecule has 1 heterocycles. The first kappa shape index (κ1) is 23.8. The van der Waals surface area contributed by atoms with Crippen LogP contribution < -0.4 is 4.74 Å². The monoisotopic (exact) mass is 454 g/mol. The van der Waals surface area contributed by atoms with Gasteiger partial charge in [-0.25, -0.2) is 0 Å². The predicted octanol–water partition coefficient (Wildman–Crippen LogP) is 6.41. The molecule has 33 heavy (non-hydrogen) atoms. The van der Waals surface area contributed by atoms with Gasteiger partial charge in [-0.1, -0.05) is 39.3 Å². The molecule has 3 aliphatic rings.